The number of benzene rings is 1. The molecule has 0 heterocycles. The Bertz CT molecular complexity index is 278. The molecular weight excluding hydrogens is 178 g/mol. The van der Waals surface area contributed by atoms with Crippen molar-refractivity contribution < 1.29 is 9.90 Å². The van der Waals surface area contributed by atoms with Gasteiger partial charge in [0.15, 0.2) is 0 Å². The molecule has 3 nitrogen and oxygen atoms in total. The summed E-state index contributed by atoms with van der Waals surface area (Å²) < 4.78 is 0. The van der Waals surface area contributed by atoms with Crippen LogP contribution in [0.5, 0.6) is 0 Å². The highest BCUT2D eigenvalue weighted by Gasteiger charge is 2.03. The molecule has 1 aromatic carbocycles. The van der Waals surface area contributed by atoms with E-state index in [1.165, 1.54) is 0 Å². The summed E-state index contributed by atoms with van der Waals surface area (Å²) in [5, 5.41) is 12.1. The Labute approximate surface area is 83.8 Å². The van der Waals surface area contributed by atoms with Gasteiger partial charge in [0.05, 0.1) is 6.61 Å². The summed E-state index contributed by atoms with van der Waals surface area (Å²) in [7, 11) is 0. The maximum atomic E-state index is 10.4. The Kier molecular flexibility index (Phi) is 4.13. The minimum absolute atomic E-state index is 0.0806. The molecule has 0 spiro atoms. The van der Waals surface area contributed by atoms with E-state index in [9.17, 15) is 4.79 Å². The van der Waals surface area contributed by atoms with Gasteiger partial charge in [0.2, 0.25) is 0 Å². The molecule has 0 aliphatic carbocycles. The monoisotopic (exact) mass is 193 g/mol. The number of nitrogens with one attached hydrogen (secondary N) is 1. The number of anilines is 1. The van der Waals surface area contributed by atoms with E-state index in [-0.39, 0.29) is 12.6 Å². The van der Waals surface area contributed by atoms with Crippen molar-refractivity contribution in [3.05, 3.63) is 29.8 Å². The quantitative estimate of drug-likeness (QED) is 0.699. The number of hydrogen-bond acceptors (Lipinski definition) is 3. The Balaban J connectivity index is 2.63. The van der Waals surface area contributed by atoms with Crippen LogP contribution >= 0.6 is 0 Å². The van der Waals surface area contributed by atoms with E-state index in [0.29, 0.717) is 5.56 Å². The van der Waals surface area contributed by atoms with Gasteiger partial charge in [-0.05, 0) is 30.7 Å². The average molecular weight is 193 g/mol. The summed E-state index contributed by atoms with van der Waals surface area (Å²) in [6.07, 6.45) is 1.68. The van der Waals surface area contributed by atoms with Crippen LogP contribution in [0, 0.1) is 0 Å². The summed E-state index contributed by atoms with van der Waals surface area (Å²) in [5.74, 6) is 0. The average Bonchev–Trinajstić information content (AvgIpc) is 2.26. The molecule has 0 bridgehead atoms. The third-order valence-electron chi connectivity index (χ3n) is 2.13. The van der Waals surface area contributed by atoms with Crippen LogP contribution in [0.3, 0.4) is 0 Å². The standard InChI is InChI=1S/C11H15NO2/c1-2-10(8-14)12-11-5-3-9(7-13)4-6-11/h3-7,10,12,14H,2,8H2,1H3. The first-order chi connectivity index (χ1) is 6.80. The highest BCUT2D eigenvalue weighted by Crippen LogP contribution is 2.10. The predicted molar refractivity (Wildman–Crippen MR) is 56.6 cm³/mol. The summed E-state index contributed by atoms with van der Waals surface area (Å²) in [6, 6.07) is 7.25. The van der Waals surface area contributed by atoms with Crippen LogP contribution in [-0.4, -0.2) is 24.0 Å². The molecule has 0 aliphatic rings. The second kappa shape index (κ2) is 5.40. The molecule has 0 saturated carbocycles. The summed E-state index contributed by atoms with van der Waals surface area (Å²) in [6.45, 7) is 2.12. The fraction of sp³-hybridized carbons (Fsp3) is 0.364. The number of carbonyl (C=O) groups excluding carboxylic acids is 1. The minimum Gasteiger partial charge on any atom is -0.394 e. The molecule has 1 unspecified atom stereocenters. The van der Waals surface area contributed by atoms with E-state index in [1.54, 1.807) is 12.1 Å². The van der Waals surface area contributed by atoms with Gasteiger partial charge in [0.25, 0.3) is 0 Å². The molecule has 1 aromatic rings. The number of aldehydes is 1. The van der Waals surface area contributed by atoms with E-state index in [1.807, 2.05) is 19.1 Å². The second-order valence-corrected chi connectivity index (χ2v) is 3.17. The van der Waals surface area contributed by atoms with Crippen LogP contribution in [0.25, 0.3) is 0 Å². The topological polar surface area (TPSA) is 49.3 Å². The fourth-order valence-electron chi connectivity index (χ4n) is 1.17. The maximum absolute atomic E-state index is 10.4. The third kappa shape index (κ3) is 2.85. The van der Waals surface area contributed by atoms with Crippen molar-refractivity contribution in [2.45, 2.75) is 19.4 Å². The van der Waals surface area contributed by atoms with Crippen molar-refractivity contribution in [3.8, 4) is 0 Å². The van der Waals surface area contributed by atoms with E-state index >= 15 is 0 Å². The van der Waals surface area contributed by atoms with Gasteiger partial charge in [-0.25, -0.2) is 0 Å². The minimum atomic E-state index is 0.0806. The number of hydrogen-bond donors (Lipinski definition) is 2. The molecule has 2 N–H and O–H groups in total. The number of aliphatic hydroxyl groups is 1. The summed E-state index contributed by atoms with van der Waals surface area (Å²) in [4.78, 5) is 10.4. The zero-order chi connectivity index (χ0) is 10.4. The Morgan fingerprint density at radius 1 is 1.43 bits per heavy atom. The number of carbonyl (C=O) groups is 1. The van der Waals surface area contributed by atoms with Crippen molar-refractivity contribution in [2.75, 3.05) is 11.9 Å². The van der Waals surface area contributed by atoms with E-state index in [0.717, 1.165) is 18.4 Å². The molecule has 0 aliphatic heterocycles. The molecule has 0 saturated heterocycles. The molecule has 1 rings (SSSR count). The SMILES string of the molecule is CCC(CO)Nc1ccc(C=O)cc1. The van der Waals surface area contributed by atoms with Gasteiger partial charge in [-0.2, -0.15) is 0 Å². The van der Waals surface area contributed by atoms with Gasteiger partial charge < -0.3 is 10.4 Å². The van der Waals surface area contributed by atoms with Crippen LogP contribution in [0.1, 0.15) is 23.7 Å². The largest absolute Gasteiger partial charge is 0.394 e. The van der Waals surface area contributed by atoms with Crippen LogP contribution in [0.2, 0.25) is 0 Å². The van der Waals surface area contributed by atoms with Crippen molar-refractivity contribution in [1.29, 1.82) is 0 Å². The zero-order valence-electron chi connectivity index (χ0n) is 8.23. The van der Waals surface area contributed by atoms with E-state index in [4.69, 9.17) is 5.11 Å². The Morgan fingerprint density at radius 2 is 2.07 bits per heavy atom. The Hall–Kier alpha value is -1.35. The lowest BCUT2D eigenvalue weighted by atomic mass is 10.2. The number of aliphatic hydroxyl groups excluding tert-OH is 1. The third-order valence-corrected chi connectivity index (χ3v) is 2.13. The lowest BCUT2D eigenvalue weighted by Crippen LogP contribution is -2.22. The highest BCUT2D eigenvalue weighted by atomic mass is 16.3. The predicted octanol–water partition coefficient (Wildman–Crippen LogP) is 1.68. The molecule has 0 radical (unpaired) electrons. The summed E-state index contributed by atoms with van der Waals surface area (Å²) >= 11 is 0. The van der Waals surface area contributed by atoms with E-state index in [2.05, 4.69) is 5.32 Å². The first-order valence-electron chi connectivity index (χ1n) is 4.72. The molecule has 0 fully saturated rings. The van der Waals surface area contributed by atoms with Crippen molar-refractivity contribution in [2.24, 2.45) is 0 Å². The second-order valence-electron chi connectivity index (χ2n) is 3.17. The molecule has 0 aromatic heterocycles. The fourth-order valence-corrected chi connectivity index (χ4v) is 1.17. The van der Waals surface area contributed by atoms with Crippen LogP contribution < -0.4 is 5.32 Å². The number of rotatable bonds is 5. The smallest absolute Gasteiger partial charge is 0.150 e. The molecule has 3 heteroatoms. The van der Waals surface area contributed by atoms with Crippen molar-refractivity contribution in [1.82, 2.24) is 0 Å². The highest BCUT2D eigenvalue weighted by molar-refractivity contribution is 5.75. The van der Waals surface area contributed by atoms with Gasteiger partial charge in [0.1, 0.15) is 6.29 Å². The van der Waals surface area contributed by atoms with Gasteiger partial charge in [0, 0.05) is 17.3 Å². The molecule has 1 atom stereocenters. The maximum Gasteiger partial charge on any atom is 0.150 e. The van der Waals surface area contributed by atoms with Crippen LogP contribution in [0.15, 0.2) is 24.3 Å². The normalized spacial score (nSPS) is 12.1. The lowest BCUT2D eigenvalue weighted by Gasteiger charge is -2.15. The van der Waals surface area contributed by atoms with Crippen LogP contribution in [0.4, 0.5) is 5.69 Å². The van der Waals surface area contributed by atoms with Gasteiger partial charge >= 0.3 is 0 Å². The summed E-state index contributed by atoms with van der Waals surface area (Å²) in [5.41, 5.74) is 1.59. The van der Waals surface area contributed by atoms with Gasteiger partial charge in [-0.15, -0.1) is 0 Å². The lowest BCUT2D eigenvalue weighted by molar-refractivity contribution is 0.112. The molecule has 14 heavy (non-hydrogen) atoms. The van der Waals surface area contributed by atoms with E-state index < -0.39 is 0 Å². The van der Waals surface area contributed by atoms with Crippen molar-refractivity contribution >= 4 is 12.0 Å². The van der Waals surface area contributed by atoms with Gasteiger partial charge in [-0.3, -0.25) is 4.79 Å². The zero-order valence-corrected chi connectivity index (χ0v) is 8.23. The first kappa shape index (κ1) is 10.7. The first-order valence-corrected chi connectivity index (χ1v) is 4.72. The van der Waals surface area contributed by atoms with Crippen molar-refractivity contribution in [3.63, 3.8) is 0 Å². The molecule has 0 amide bonds. The molecular formula is C11H15NO2. The van der Waals surface area contributed by atoms with Gasteiger partial charge in [-0.1, -0.05) is 6.92 Å². The molecule has 76 valence electrons. The Morgan fingerprint density at radius 3 is 2.50 bits per heavy atom. The van der Waals surface area contributed by atoms with Crippen LogP contribution in [-0.2, 0) is 0 Å².